The molecular weight excluding hydrogens is 364 g/mol. The van der Waals surface area contributed by atoms with Crippen molar-refractivity contribution in [1.82, 2.24) is 15.3 Å². The number of hydrogen-bond donors (Lipinski definition) is 1. The van der Waals surface area contributed by atoms with Crippen LogP contribution in [0.25, 0.3) is 0 Å². The maximum absolute atomic E-state index is 12.4. The van der Waals surface area contributed by atoms with E-state index < -0.39 is 0 Å². The summed E-state index contributed by atoms with van der Waals surface area (Å²) in [7, 11) is 1.63. The first-order valence-corrected chi connectivity index (χ1v) is 9.60. The second kappa shape index (κ2) is 9.68. The lowest BCUT2D eigenvalue weighted by atomic mass is 10.2. The van der Waals surface area contributed by atoms with Gasteiger partial charge in [-0.25, -0.2) is 9.97 Å². The molecule has 3 rings (SSSR count). The minimum atomic E-state index is -0.202. The fourth-order valence-corrected chi connectivity index (χ4v) is 2.88. The molecule has 0 aliphatic carbocycles. The average molecular weight is 390 g/mol. The van der Waals surface area contributed by atoms with E-state index in [1.807, 2.05) is 42.5 Å². The van der Waals surface area contributed by atoms with Gasteiger partial charge in [-0.1, -0.05) is 42.5 Å². The van der Waals surface area contributed by atoms with E-state index in [-0.39, 0.29) is 11.9 Å². The zero-order valence-electron chi connectivity index (χ0n) is 17.0. The maximum atomic E-state index is 12.4. The molecule has 1 heterocycles. The van der Waals surface area contributed by atoms with Crippen molar-refractivity contribution in [3.63, 3.8) is 0 Å². The van der Waals surface area contributed by atoms with Gasteiger partial charge in [-0.05, 0) is 37.1 Å². The molecule has 150 valence electrons. The molecule has 0 aliphatic rings. The highest BCUT2D eigenvalue weighted by Gasteiger charge is 2.15. The Labute approximate surface area is 171 Å². The van der Waals surface area contributed by atoms with Gasteiger partial charge in [-0.2, -0.15) is 0 Å². The van der Waals surface area contributed by atoms with Crippen molar-refractivity contribution < 1.29 is 9.53 Å². The van der Waals surface area contributed by atoms with Crippen LogP contribution in [0.5, 0.6) is 5.75 Å². The van der Waals surface area contributed by atoms with E-state index in [1.165, 1.54) is 5.56 Å². The summed E-state index contributed by atoms with van der Waals surface area (Å²) in [4.78, 5) is 23.4. The molecule has 0 fully saturated rings. The highest BCUT2D eigenvalue weighted by Crippen LogP contribution is 2.16. The normalized spacial score (nSPS) is 10.6. The number of nitrogens with zero attached hydrogens (tertiary/aromatic N) is 3. The molecule has 0 atom stereocenters. The van der Waals surface area contributed by atoms with E-state index in [9.17, 15) is 4.79 Å². The minimum Gasteiger partial charge on any atom is -0.497 e. The van der Waals surface area contributed by atoms with Crippen LogP contribution < -0.4 is 15.0 Å². The van der Waals surface area contributed by atoms with Crippen LogP contribution in [0.15, 0.2) is 67.0 Å². The van der Waals surface area contributed by atoms with Crippen LogP contribution >= 0.6 is 0 Å². The summed E-state index contributed by atoms with van der Waals surface area (Å²) in [5.41, 5.74) is 2.61. The topological polar surface area (TPSA) is 67.3 Å². The molecule has 6 heteroatoms. The van der Waals surface area contributed by atoms with E-state index in [2.05, 4.69) is 46.2 Å². The zero-order chi connectivity index (χ0) is 20.6. The molecule has 2 aromatic carbocycles. The lowest BCUT2D eigenvalue weighted by Gasteiger charge is -2.26. The summed E-state index contributed by atoms with van der Waals surface area (Å²) in [6.45, 7) is 5.34. The Morgan fingerprint density at radius 2 is 1.66 bits per heavy atom. The number of aromatic nitrogens is 2. The monoisotopic (exact) mass is 390 g/mol. The molecule has 1 amide bonds. The first kappa shape index (κ1) is 20.3. The number of hydrogen-bond acceptors (Lipinski definition) is 5. The van der Waals surface area contributed by atoms with Gasteiger partial charge in [0.05, 0.1) is 12.7 Å². The van der Waals surface area contributed by atoms with E-state index in [0.29, 0.717) is 24.6 Å². The summed E-state index contributed by atoms with van der Waals surface area (Å²) in [5.74, 6) is 1.19. The van der Waals surface area contributed by atoms with Crippen molar-refractivity contribution in [2.45, 2.75) is 33.0 Å². The number of benzene rings is 2. The molecule has 1 N–H and O–H groups in total. The summed E-state index contributed by atoms with van der Waals surface area (Å²) in [6.07, 6.45) is 3.15. The lowest BCUT2D eigenvalue weighted by Crippen LogP contribution is -2.32. The Hall–Kier alpha value is -3.41. The van der Waals surface area contributed by atoms with Gasteiger partial charge >= 0.3 is 0 Å². The van der Waals surface area contributed by atoms with Crippen molar-refractivity contribution in [3.05, 3.63) is 83.7 Å². The predicted molar refractivity (Wildman–Crippen MR) is 114 cm³/mol. The van der Waals surface area contributed by atoms with E-state index >= 15 is 0 Å². The molecule has 0 radical (unpaired) electrons. The molecule has 0 saturated heterocycles. The van der Waals surface area contributed by atoms with Gasteiger partial charge in [0.1, 0.15) is 5.75 Å². The Balaban J connectivity index is 1.63. The predicted octanol–water partition coefficient (Wildman–Crippen LogP) is 3.83. The Bertz CT molecular complexity index is 910. The van der Waals surface area contributed by atoms with Gasteiger partial charge in [0.2, 0.25) is 5.95 Å². The third-order valence-corrected chi connectivity index (χ3v) is 4.59. The summed E-state index contributed by atoms with van der Waals surface area (Å²) in [5, 5.41) is 2.89. The van der Waals surface area contributed by atoms with Crippen LogP contribution in [-0.4, -0.2) is 29.0 Å². The van der Waals surface area contributed by atoms with Crippen molar-refractivity contribution in [3.8, 4) is 5.75 Å². The second-order valence-electron chi connectivity index (χ2n) is 7.01. The standard InChI is InChI=1S/C23H26N4O2/c1-17(2)27(16-19-7-5-4-6-8-19)23-25-14-20(15-26-23)22(28)24-13-18-9-11-21(29-3)12-10-18/h4-12,14-15,17H,13,16H2,1-3H3,(H,24,28). The summed E-state index contributed by atoms with van der Waals surface area (Å²) in [6, 6.07) is 18.0. The van der Waals surface area contributed by atoms with E-state index in [0.717, 1.165) is 11.3 Å². The Morgan fingerprint density at radius 1 is 1.00 bits per heavy atom. The van der Waals surface area contributed by atoms with Crippen LogP contribution in [-0.2, 0) is 13.1 Å². The van der Waals surface area contributed by atoms with Crippen LogP contribution in [0.4, 0.5) is 5.95 Å². The minimum absolute atomic E-state index is 0.202. The number of amides is 1. The largest absolute Gasteiger partial charge is 0.497 e. The second-order valence-corrected chi connectivity index (χ2v) is 7.01. The zero-order valence-corrected chi connectivity index (χ0v) is 17.0. The molecule has 0 bridgehead atoms. The smallest absolute Gasteiger partial charge is 0.254 e. The number of methoxy groups -OCH3 is 1. The third kappa shape index (κ3) is 5.54. The number of ether oxygens (including phenoxy) is 1. The Kier molecular flexibility index (Phi) is 6.79. The van der Waals surface area contributed by atoms with Crippen molar-refractivity contribution in [1.29, 1.82) is 0 Å². The molecule has 0 spiro atoms. The van der Waals surface area contributed by atoms with Crippen molar-refractivity contribution >= 4 is 11.9 Å². The first-order valence-electron chi connectivity index (χ1n) is 9.60. The quantitative estimate of drug-likeness (QED) is 0.633. The van der Waals surface area contributed by atoms with E-state index in [4.69, 9.17) is 4.74 Å². The number of rotatable bonds is 8. The molecule has 3 aromatic rings. The molecule has 29 heavy (non-hydrogen) atoms. The average Bonchev–Trinajstić information content (AvgIpc) is 2.77. The Morgan fingerprint density at radius 3 is 2.24 bits per heavy atom. The molecule has 0 aliphatic heterocycles. The van der Waals surface area contributed by atoms with Crippen molar-refractivity contribution in [2.24, 2.45) is 0 Å². The first-order chi connectivity index (χ1) is 14.1. The van der Waals surface area contributed by atoms with Crippen LogP contribution in [0.1, 0.15) is 35.3 Å². The van der Waals surface area contributed by atoms with Crippen molar-refractivity contribution in [2.75, 3.05) is 12.0 Å². The fourth-order valence-electron chi connectivity index (χ4n) is 2.88. The summed E-state index contributed by atoms with van der Waals surface area (Å²) < 4.78 is 5.14. The highest BCUT2D eigenvalue weighted by atomic mass is 16.5. The van der Waals surface area contributed by atoms with Gasteiger partial charge in [-0.15, -0.1) is 0 Å². The molecular formula is C23H26N4O2. The third-order valence-electron chi connectivity index (χ3n) is 4.59. The fraction of sp³-hybridized carbons (Fsp3) is 0.261. The van der Waals surface area contributed by atoms with Gasteiger partial charge < -0.3 is 15.0 Å². The molecule has 0 unspecified atom stereocenters. The maximum Gasteiger partial charge on any atom is 0.254 e. The van der Waals surface area contributed by atoms with E-state index in [1.54, 1.807) is 19.5 Å². The number of anilines is 1. The highest BCUT2D eigenvalue weighted by molar-refractivity contribution is 5.93. The van der Waals surface area contributed by atoms with Gasteiger partial charge in [0.25, 0.3) is 5.91 Å². The van der Waals surface area contributed by atoms with Crippen LogP contribution in [0.3, 0.4) is 0 Å². The number of carbonyl (C=O) groups is 1. The van der Waals surface area contributed by atoms with Gasteiger partial charge in [0, 0.05) is 31.5 Å². The number of carbonyl (C=O) groups excluding carboxylic acids is 1. The lowest BCUT2D eigenvalue weighted by molar-refractivity contribution is 0.0950. The molecule has 6 nitrogen and oxygen atoms in total. The van der Waals surface area contributed by atoms with Crippen LogP contribution in [0, 0.1) is 0 Å². The SMILES string of the molecule is COc1ccc(CNC(=O)c2cnc(N(Cc3ccccc3)C(C)C)nc2)cc1. The van der Waals surface area contributed by atoms with Gasteiger partial charge in [0.15, 0.2) is 0 Å². The summed E-state index contributed by atoms with van der Waals surface area (Å²) >= 11 is 0. The van der Waals surface area contributed by atoms with Crippen LogP contribution in [0.2, 0.25) is 0 Å². The molecule has 0 saturated carbocycles. The number of nitrogens with one attached hydrogen (secondary N) is 1. The molecule has 1 aromatic heterocycles. The van der Waals surface area contributed by atoms with Gasteiger partial charge in [-0.3, -0.25) is 4.79 Å².